The Bertz CT molecular complexity index is 783. The molecule has 0 aliphatic rings. The van der Waals surface area contributed by atoms with Crippen molar-refractivity contribution in [3.05, 3.63) is 46.3 Å². The quantitative estimate of drug-likeness (QED) is 0.563. The highest BCUT2D eigenvalue weighted by Crippen LogP contribution is 2.27. The number of halogens is 2. The molecule has 6 nitrogen and oxygen atoms in total. The molecular weight excluding hydrogens is 363 g/mol. The van der Waals surface area contributed by atoms with Crippen LogP contribution in [0.4, 0.5) is 15.8 Å². The second kappa shape index (κ2) is 5.96. The summed E-state index contributed by atoms with van der Waals surface area (Å²) >= 11 is 3.01. The summed E-state index contributed by atoms with van der Waals surface area (Å²) in [5.74, 6) is 4.80. The van der Waals surface area contributed by atoms with Crippen LogP contribution in [0.15, 0.2) is 40.0 Å². The van der Waals surface area contributed by atoms with Crippen LogP contribution in [0.1, 0.15) is 5.56 Å². The molecule has 112 valence electrons. The minimum Gasteiger partial charge on any atom is -0.321 e. The lowest BCUT2D eigenvalue weighted by molar-refractivity contribution is 0.597. The number of anilines is 2. The van der Waals surface area contributed by atoms with Gasteiger partial charge >= 0.3 is 0 Å². The molecular formula is C12H12BrFN4O2S. The van der Waals surface area contributed by atoms with Gasteiger partial charge in [0.25, 0.3) is 10.0 Å². The van der Waals surface area contributed by atoms with Gasteiger partial charge in [0.05, 0.1) is 15.8 Å². The van der Waals surface area contributed by atoms with Crippen LogP contribution in [0.25, 0.3) is 0 Å². The van der Waals surface area contributed by atoms with E-state index in [4.69, 9.17) is 5.84 Å². The van der Waals surface area contributed by atoms with Crippen LogP contribution < -0.4 is 16.0 Å². The van der Waals surface area contributed by atoms with Crippen molar-refractivity contribution in [1.82, 2.24) is 4.98 Å². The number of aryl methyl sites for hydroxylation is 1. The molecule has 0 amide bonds. The molecule has 0 unspecified atom stereocenters. The Morgan fingerprint density at radius 2 is 2.05 bits per heavy atom. The van der Waals surface area contributed by atoms with E-state index in [9.17, 15) is 12.8 Å². The fraction of sp³-hybridized carbons (Fsp3) is 0.0833. The van der Waals surface area contributed by atoms with E-state index in [0.717, 1.165) is 0 Å². The van der Waals surface area contributed by atoms with Crippen molar-refractivity contribution in [3.8, 4) is 0 Å². The van der Waals surface area contributed by atoms with Crippen molar-refractivity contribution >= 4 is 37.3 Å². The maximum atomic E-state index is 13.4. The molecule has 2 aromatic rings. The smallest absolute Gasteiger partial charge is 0.281 e. The van der Waals surface area contributed by atoms with E-state index in [1.54, 1.807) is 13.0 Å². The molecule has 0 aliphatic heterocycles. The summed E-state index contributed by atoms with van der Waals surface area (Å²) in [6.07, 6.45) is 1.34. The first-order chi connectivity index (χ1) is 9.85. The van der Waals surface area contributed by atoms with E-state index < -0.39 is 15.8 Å². The third-order valence-corrected chi connectivity index (χ3v) is 4.62. The first-order valence-corrected chi connectivity index (χ1v) is 8.03. The minimum atomic E-state index is -3.96. The summed E-state index contributed by atoms with van der Waals surface area (Å²) in [4.78, 5) is 3.81. The lowest BCUT2D eigenvalue weighted by Gasteiger charge is -2.13. The second-order valence-corrected chi connectivity index (χ2v) is 6.64. The average molecular weight is 375 g/mol. The van der Waals surface area contributed by atoms with Crippen LogP contribution in [-0.2, 0) is 10.0 Å². The summed E-state index contributed by atoms with van der Waals surface area (Å²) in [5.41, 5.74) is 3.12. The number of pyridine rings is 1. The lowest BCUT2D eigenvalue weighted by Crippen LogP contribution is -2.19. The Morgan fingerprint density at radius 1 is 1.33 bits per heavy atom. The van der Waals surface area contributed by atoms with Crippen LogP contribution >= 0.6 is 15.9 Å². The number of nitrogen functional groups attached to an aromatic ring is 1. The molecule has 4 N–H and O–H groups in total. The molecule has 1 aromatic heterocycles. The Labute approximate surface area is 129 Å². The summed E-state index contributed by atoms with van der Waals surface area (Å²) in [7, 11) is -3.96. The van der Waals surface area contributed by atoms with Crippen LogP contribution in [-0.4, -0.2) is 13.4 Å². The van der Waals surface area contributed by atoms with Crippen LogP contribution in [0.3, 0.4) is 0 Å². The van der Waals surface area contributed by atoms with E-state index in [1.807, 2.05) is 0 Å². The van der Waals surface area contributed by atoms with Gasteiger partial charge in [-0.05, 0) is 52.7 Å². The van der Waals surface area contributed by atoms with Crippen LogP contribution in [0.2, 0.25) is 0 Å². The fourth-order valence-electron chi connectivity index (χ4n) is 1.66. The largest absolute Gasteiger partial charge is 0.321 e. The highest BCUT2D eigenvalue weighted by Gasteiger charge is 2.21. The number of benzene rings is 1. The maximum Gasteiger partial charge on any atom is 0.281 e. The van der Waals surface area contributed by atoms with Gasteiger partial charge in [0.15, 0.2) is 0 Å². The standard InChI is InChI=1S/C12H12BrFN4O2S/c1-7-5-9(14)8(13)6-11(7)18-21(19,20)12-10(17-15)3-2-4-16-12/h2-6,17-18H,15H2,1H3. The Kier molecular flexibility index (Phi) is 4.45. The molecule has 1 heterocycles. The third-order valence-electron chi connectivity index (χ3n) is 2.69. The molecule has 9 heteroatoms. The van der Waals surface area contributed by atoms with E-state index in [-0.39, 0.29) is 20.9 Å². The molecule has 1 aromatic carbocycles. The molecule has 0 atom stereocenters. The summed E-state index contributed by atoms with van der Waals surface area (Å²) in [5, 5.41) is -0.243. The molecule has 0 aliphatic carbocycles. The number of hydrazine groups is 1. The van der Waals surface area contributed by atoms with Gasteiger partial charge in [-0.15, -0.1) is 0 Å². The summed E-state index contributed by atoms with van der Waals surface area (Å²) in [6.45, 7) is 1.59. The van der Waals surface area contributed by atoms with E-state index in [0.29, 0.717) is 5.56 Å². The maximum absolute atomic E-state index is 13.4. The zero-order chi connectivity index (χ0) is 15.6. The predicted molar refractivity (Wildman–Crippen MR) is 81.7 cm³/mol. The number of aromatic nitrogens is 1. The molecule has 21 heavy (non-hydrogen) atoms. The molecule has 0 saturated heterocycles. The van der Waals surface area contributed by atoms with E-state index >= 15 is 0 Å². The number of sulfonamides is 1. The van der Waals surface area contributed by atoms with Gasteiger partial charge in [-0.1, -0.05) is 0 Å². The predicted octanol–water partition coefficient (Wildman–Crippen LogP) is 2.38. The molecule has 0 fully saturated rings. The van der Waals surface area contributed by atoms with E-state index in [1.165, 1.54) is 24.4 Å². The van der Waals surface area contributed by atoms with Gasteiger partial charge < -0.3 is 5.43 Å². The Balaban J connectivity index is 2.45. The zero-order valence-corrected chi connectivity index (χ0v) is 13.3. The fourth-order valence-corrected chi connectivity index (χ4v) is 3.23. The molecule has 0 radical (unpaired) electrons. The topological polar surface area (TPSA) is 97.1 Å². The van der Waals surface area contributed by atoms with Crippen molar-refractivity contribution in [3.63, 3.8) is 0 Å². The summed E-state index contributed by atoms with van der Waals surface area (Å²) in [6, 6.07) is 5.60. The highest BCUT2D eigenvalue weighted by molar-refractivity contribution is 9.10. The zero-order valence-electron chi connectivity index (χ0n) is 10.9. The Morgan fingerprint density at radius 3 is 2.71 bits per heavy atom. The number of rotatable bonds is 4. The van der Waals surface area contributed by atoms with Gasteiger partial charge in [0.1, 0.15) is 5.82 Å². The second-order valence-electron chi connectivity index (χ2n) is 4.19. The molecule has 0 spiro atoms. The number of nitrogens with zero attached hydrogens (tertiary/aromatic N) is 1. The van der Waals surface area contributed by atoms with Gasteiger partial charge in [-0.25, -0.2) is 9.37 Å². The first-order valence-electron chi connectivity index (χ1n) is 5.75. The number of nitrogens with two attached hydrogens (primary N) is 1. The van der Waals surface area contributed by atoms with Crippen LogP contribution in [0, 0.1) is 12.7 Å². The first kappa shape index (κ1) is 15.7. The van der Waals surface area contributed by atoms with Gasteiger partial charge in [0.2, 0.25) is 5.03 Å². The Hall–Kier alpha value is -1.71. The number of hydrogen-bond donors (Lipinski definition) is 3. The van der Waals surface area contributed by atoms with Gasteiger partial charge in [-0.2, -0.15) is 8.42 Å². The van der Waals surface area contributed by atoms with Crippen molar-refractivity contribution in [2.75, 3.05) is 10.1 Å². The monoisotopic (exact) mass is 374 g/mol. The molecule has 2 rings (SSSR count). The van der Waals surface area contributed by atoms with Crippen molar-refractivity contribution in [2.24, 2.45) is 5.84 Å². The van der Waals surface area contributed by atoms with Gasteiger partial charge in [0, 0.05) is 6.20 Å². The van der Waals surface area contributed by atoms with E-state index in [2.05, 4.69) is 31.1 Å². The van der Waals surface area contributed by atoms with Crippen molar-refractivity contribution < 1.29 is 12.8 Å². The SMILES string of the molecule is Cc1cc(F)c(Br)cc1NS(=O)(=O)c1ncccc1NN. The minimum absolute atomic E-state index is 0.156. The summed E-state index contributed by atoms with van der Waals surface area (Å²) < 4.78 is 40.6. The third kappa shape index (κ3) is 3.31. The number of nitrogens with one attached hydrogen (secondary N) is 2. The lowest BCUT2D eigenvalue weighted by atomic mass is 10.2. The van der Waals surface area contributed by atoms with Crippen molar-refractivity contribution in [2.45, 2.75) is 11.9 Å². The highest BCUT2D eigenvalue weighted by atomic mass is 79.9. The molecule has 0 saturated carbocycles. The number of hydrogen-bond acceptors (Lipinski definition) is 5. The van der Waals surface area contributed by atoms with Gasteiger partial charge in [-0.3, -0.25) is 10.6 Å². The normalized spacial score (nSPS) is 11.2. The average Bonchev–Trinajstić information content (AvgIpc) is 2.44. The van der Waals surface area contributed by atoms with Crippen LogP contribution in [0.5, 0.6) is 0 Å². The molecule has 0 bridgehead atoms. The van der Waals surface area contributed by atoms with Crippen molar-refractivity contribution in [1.29, 1.82) is 0 Å².